The summed E-state index contributed by atoms with van der Waals surface area (Å²) in [5.74, 6) is 0.456. The standard InChI is InChI=1S/C7H15NO/c1-7(2)6(5-9)3-4-8-7/h6,8-9H,3-5H2,1-2H3. The summed E-state index contributed by atoms with van der Waals surface area (Å²) in [4.78, 5) is 0. The zero-order chi connectivity index (χ0) is 6.91. The van der Waals surface area contributed by atoms with Gasteiger partial charge in [-0.25, -0.2) is 0 Å². The molecule has 2 N–H and O–H groups in total. The molecule has 0 aromatic carbocycles. The van der Waals surface area contributed by atoms with Gasteiger partial charge in [-0.15, -0.1) is 0 Å². The molecule has 2 heteroatoms. The number of rotatable bonds is 1. The van der Waals surface area contributed by atoms with E-state index in [1.54, 1.807) is 0 Å². The summed E-state index contributed by atoms with van der Waals surface area (Å²) in [5, 5.41) is 12.2. The van der Waals surface area contributed by atoms with Crippen molar-refractivity contribution in [3.05, 3.63) is 0 Å². The minimum Gasteiger partial charge on any atom is -0.396 e. The van der Waals surface area contributed by atoms with Crippen molar-refractivity contribution in [2.75, 3.05) is 13.2 Å². The second kappa shape index (κ2) is 2.27. The molecule has 0 bridgehead atoms. The highest BCUT2D eigenvalue weighted by Gasteiger charge is 2.32. The summed E-state index contributed by atoms with van der Waals surface area (Å²) in [6, 6.07) is 0. The second-order valence-corrected chi connectivity index (χ2v) is 3.32. The third kappa shape index (κ3) is 1.25. The van der Waals surface area contributed by atoms with Crippen LogP contribution in [0.2, 0.25) is 0 Å². The van der Waals surface area contributed by atoms with Crippen LogP contribution in [0, 0.1) is 5.92 Å². The van der Waals surface area contributed by atoms with Crippen LogP contribution in [-0.4, -0.2) is 23.8 Å². The molecule has 0 spiro atoms. The SMILES string of the molecule is CC1(C)NCCC1CO. The van der Waals surface area contributed by atoms with E-state index in [0.717, 1.165) is 13.0 Å². The van der Waals surface area contributed by atoms with E-state index >= 15 is 0 Å². The highest BCUT2D eigenvalue weighted by Crippen LogP contribution is 2.24. The first-order chi connectivity index (χ1) is 4.17. The highest BCUT2D eigenvalue weighted by atomic mass is 16.3. The molecule has 9 heavy (non-hydrogen) atoms. The molecule has 1 rings (SSSR count). The van der Waals surface area contributed by atoms with Crippen LogP contribution in [0.1, 0.15) is 20.3 Å². The molecule has 0 aromatic heterocycles. The van der Waals surface area contributed by atoms with E-state index in [1.165, 1.54) is 0 Å². The van der Waals surface area contributed by atoms with Crippen molar-refractivity contribution in [3.63, 3.8) is 0 Å². The average molecular weight is 129 g/mol. The number of hydrogen-bond acceptors (Lipinski definition) is 2. The van der Waals surface area contributed by atoms with Crippen LogP contribution in [-0.2, 0) is 0 Å². The first-order valence-electron chi connectivity index (χ1n) is 3.52. The van der Waals surface area contributed by atoms with Gasteiger partial charge in [-0.05, 0) is 26.8 Å². The second-order valence-electron chi connectivity index (χ2n) is 3.32. The molecule has 1 atom stereocenters. The summed E-state index contributed by atoms with van der Waals surface area (Å²) in [5.41, 5.74) is 0.161. The number of nitrogens with one attached hydrogen (secondary N) is 1. The van der Waals surface area contributed by atoms with Crippen molar-refractivity contribution in [1.29, 1.82) is 0 Å². The minimum absolute atomic E-state index is 0.161. The van der Waals surface area contributed by atoms with E-state index in [9.17, 15) is 0 Å². The number of aliphatic hydroxyl groups excluding tert-OH is 1. The highest BCUT2D eigenvalue weighted by molar-refractivity contribution is 4.91. The van der Waals surface area contributed by atoms with Crippen LogP contribution in [0.15, 0.2) is 0 Å². The summed E-state index contributed by atoms with van der Waals surface area (Å²) in [6.45, 7) is 5.65. The van der Waals surface area contributed by atoms with Gasteiger partial charge < -0.3 is 10.4 Å². The van der Waals surface area contributed by atoms with Gasteiger partial charge in [0.15, 0.2) is 0 Å². The Morgan fingerprint density at radius 2 is 2.33 bits per heavy atom. The largest absolute Gasteiger partial charge is 0.396 e. The Morgan fingerprint density at radius 3 is 2.56 bits per heavy atom. The minimum atomic E-state index is 0.161. The smallest absolute Gasteiger partial charge is 0.0477 e. The molecule has 1 heterocycles. The molecule has 1 aliphatic heterocycles. The summed E-state index contributed by atoms with van der Waals surface area (Å²) in [6.07, 6.45) is 1.11. The Morgan fingerprint density at radius 1 is 1.67 bits per heavy atom. The van der Waals surface area contributed by atoms with Crippen molar-refractivity contribution in [2.24, 2.45) is 5.92 Å². The fourth-order valence-electron chi connectivity index (χ4n) is 1.39. The van der Waals surface area contributed by atoms with Gasteiger partial charge in [0.2, 0.25) is 0 Å². The summed E-state index contributed by atoms with van der Waals surface area (Å²) >= 11 is 0. The van der Waals surface area contributed by atoms with E-state index in [0.29, 0.717) is 12.5 Å². The van der Waals surface area contributed by atoms with Gasteiger partial charge in [-0.2, -0.15) is 0 Å². The Hall–Kier alpha value is -0.0800. The van der Waals surface area contributed by atoms with E-state index in [2.05, 4.69) is 19.2 Å². The number of aliphatic hydroxyl groups is 1. The topological polar surface area (TPSA) is 32.3 Å². The number of hydrogen-bond donors (Lipinski definition) is 2. The molecule has 0 aromatic rings. The van der Waals surface area contributed by atoms with E-state index < -0.39 is 0 Å². The fraction of sp³-hybridized carbons (Fsp3) is 1.00. The first-order valence-corrected chi connectivity index (χ1v) is 3.52. The van der Waals surface area contributed by atoms with Crippen molar-refractivity contribution >= 4 is 0 Å². The first kappa shape index (κ1) is 7.03. The Kier molecular flexibility index (Phi) is 1.78. The van der Waals surface area contributed by atoms with E-state index in [1.807, 2.05) is 0 Å². The van der Waals surface area contributed by atoms with Crippen LogP contribution in [0.3, 0.4) is 0 Å². The van der Waals surface area contributed by atoms with Crippen LogP contribution in [0.5, 0.6) is 0 Å². The molecule has 1 fully saturated rings. The van der Waals surface area contributed by atoms with Gasteiger partial charge in [0.1, 0.15) is 0 Å². The lowest BCUT2D eigenvalue weighted by Crippen LogP contribution is -2.39. The zero-order valence-electron chi connectivity index (χ0n) is 6.15. The predicted molar refractivity (Wildman–Crippen MR) is 37.3 cm³/mol. The third-order valence-electron chi connectivity index (χ3n) is 2.31. The average Bonchev–Trinajstić information content (AvgIpc) is 2.08. The van der Waals surface area contributed by atoms with Gasteiger partial charge >= 0.3 is 0 Å². The Labute approximate surface area is 56.3 Å². The molecule has 54 valence electrons. The van der Waals surface area contributed by atoms with Gasteiger partial charge in [0.25, 0.3) is 0 Å². The van der Waals surface area contributed by atoms with E-state index in [4.69, 9.17) is 5.11 Å². The van der Waals surface area contributed by atoms with Crippen molar-refractivity contribution < 1.29 is 5.11 Å². The quantitative estimate of drug-likeness (QED) is 0.536. The van der Waals surface area contributed by atoms with Crippen LogP contribution in [0.25, 0.3) is 0 Å². The van der Waals surface area contributed by atoms with Gasteiger partial charge in [-0.3, -0.25) is 0 Å². The summed E-state index contributed by atoms with van der Waals surface area (Å²) < 4.78 is 0. The van der Waals surface area contributed by atoms with Crippen molar-refractivity contribution in [2.45, 2.75) is 25.8 Å². The molecule has 0 amide bonds. The molecule has 0 saturated carbocycles. The molecule has 1 unspecified atom stereocenters. The van der Waals surface area contributed by atoms with Crippen LogP contribution >= 0.6 is 0 Å². The lowest BCUT2D eigenvalue weighted by molar-refractivity contribution is 0.181. The molecule has 1 saturated heterocycles. The van der Waals surface area contributed by atoms with Crippen molar-refractivity contribution in [3.8, 4) is 0 Å². The third-order valence-corrected chi connectivity index (χ3v) is 2.31. The molecule has 0 radical (unpaired) electrons. The lowest BCUT2D eigenvalue weighted by atomic mass is 9.90. The summed E-state index contributed by atoms with van der Waals surface area (Å²) in [7, 11) is 0. The molecular formula is C7H15NO. The fourth-order valence-corrected chi connectivity index (χ4v) is 1.39. The Balaban J connectivity index is 2.52. The van der Waals surface area contributed by atoms with Crippen LogP contribution < -0.4 is 5.32 Å². The molecule has 1 aliphatic rings. The maximum absolute atomic E-state index is 8.86. The van der Waals surface area contributed by atoms with Gasteiger partial charge in [-0.1, -0.05) is 0 Å². The Bertz CT molecular complexity index is 101. The molecule has 0 aliphatic carbocycles. The molecule has 2 nitrogen and oxygen atoms in total. The monoisotopic (exact) mass is 129 g/mol. The molecular weight excluding hydrogens is 114 g/mol. The zero-order valence-corrected chi connectivity index (χ0v) is 6.15. The maximum Gasteiger partial charge on any atom is 0.0477 e. The van der Waals surface area contributed by atoms with Crippen LogP contribution in [0.4, 0.5) is 0 Å². The van der Waals surface area contributed by atoms with Gasteiger partial charge in [0.05, 0.1) is 0 Å². The van der Waals surface area contributed by atoms with Gasteiger partial charge in [0, 0.05) is 18.1 Å². The predicted octanol–water partition coefficient (Wildman–Crippen LogP) is 0.367. The lowest BCUT2D eigenvalue weighted by Gasteiger charge is -2.24. The maximum atomic E-state index is 8.86. The normalized spacial score (nSPS) is 33.0. The van der Waals surface area contributed by atoms with Crippen molar-refractivity contribution in [1.82, 2.24) is 5.32 Å². The van der Waals surface area contributed by atoms with E-state index in [-0.39, 0.29) is 5.54 Å².